The van der Waals surface area contributed by atoms with Gasteiger partial charge in [-0.2, -0.15) is 5.26 Å². The van der Waals surface area contributed by atoms with Gasteiger partial charge in [-0.05, 0) is 18.3 Å². The van der Waals surface area contributed by atoms with Crippen LogP contribution in [0.25, 0.3) is 0 Å². The molecule has 0 aromatic heterocycles. The Kier molecular flexibility index (Phi) is 2.92. The largest absolute Gasteiger partial charge is 0.352 e. The number of rotatable bonds is 2. The summed E-state index contributed by atoms with van der Waals surface area (Å²) in [6.07, 6.45) is 3.35. The van der Waals surface area contributed by atoms with E-state index >= 15 is 0 Å². The molecule has 1 unspecified atom stereocenters. The molecular weight excluding hydrogens is 164 g/mol. The predicted octanol–water partition coefficient (Wildman–Crippen LogP) is 1.59. The average Bonchev–Trinajstić information content (AvgIpc) is 2.31. The molecule has 3 nitrogen and oxygen atoms in total. The van der Waals surface area contributed by atoms with Crippen LogP contribution in [-0.4, -0.2) is 11.9 Å². The Morgan fingerprint density at radius 1 is 1.69 bits per heavy atom. The number of hydrogen-bond acceptors (Lipinski definition) is 2. The first-order valence-electron chi connectivity index (χ1n) is 4.72. The molecule has 0 heterocycles. The second kappa shape index (κ2) is 3.78. The van der Waals surface area contributed by atoms with Gasteiger partial charge in [0.2, 0.25) is 5.91 Å². The van der Waals surface area contributed by atoms with E-state index in [4.69, 9.17) is 5.26 Å². The van der Waals surface area contributed by atoms with Crippen LogP contribution in [0.4, 0.5) is 0 Å². The number of nitriles is 1. The zero-order valence-electron chi connectivity index (χ0n) is 8.26. The normalized spacial score (nSPS) is 25.2. The van der Waals surface area contributed by atoms with Crippen LogP contribution < -0.4 is 5.32 Å². The Bertz CT molecular complexity index is 240. The van der Waals surface area contributed by atoms with Gasteiger partial charge in [-0.25, -0.2) is 0 Å². The molecule has 0 aromatic rings. The van der Waals surface area contributed by atoms with Crippen molar-refractivity contribution in [3.63, 3.8) is 0 Å². The topological polar surface area (TPSA) is 52.9 Å². The lowest BCUT2D eigenvalue weighted by atomic mass is 9.87. The summed E-state index contributed by atoms with van der Waals surface area (Å²) in [4.78, 5) is 11.2. The van der Waals surface area contributed by atoms with Crippen LogP contribution in [0.5, 0.6) is 0 Å². The molecule has 0 spiro atoms. The van der Waals surface area contributed by atoms with Gasteiger partial charge in [-0.15, -0.1) is 0 Å². The molecule has 3 heteroatoms. The molecule has 1 amide bonds. The highest BCUT2D eigenvalue weighted by atomic mass is 16.1. The van der Waals surface area contributed by atoms with Gasteiger partial charge in [0.1, 0.15) is 6.42 Å². The summed E-state index contributed by atoms with van der Waals surface area (Å²) in [6.45, 7) is 4.33. The van der Waals surface area contributed by atoms with Crippen molar-refractivity contribution in [1.82, 2.24) is 5.32 Å². The lowest BCUT2D eigenvalue weighted by molar-refractivity contribution is -0.121. The molecule has 1 aliphatic carbocycles. The summed E-state index contributed by atoms with van der Waals surface area (Å²) in [7, 11) is 0. The lowest BCUT2D eigenvalue weighted by Crippen LogP contribution is -2.41. The van der Waals surface area contributed by atoms with Crippen LogP contribution in [0.3, 0.4) is 0 Å². The van der Waals surface area contributed by atoms with Crippen molar-refractivity contribution in [3.8, 4) is 6.07 Å². The van der Waals surface area contributed by atoms with Crippen molar-refractivity contribution in [1.29, 1.82) is 5.26 Å². The van der Waals surface area contributed by atoms with Crippen molar-refractivity contribution >= 4 is 5.91 Å². The van der Waals surface area contributed by atoms with Gasteiger partial charge in [0, 0.05) is 6.04 Å². The van der Waals surface area contributed by atoms with E-state index in [0.717, 1.165) is 12.8 Å². The first-order chi connectivity index (χ1) is 6.06. The maximum Gasteiger partial charge on any atom is 0.234 e. The molecule has 13 heavy (non-hydrogen) atoms. The summed E-state index contributed by atoms with van der Waals surface area (Å²) in [6, 6.07) is 2.11. The van der Waals surface area contributed by atoms with Crippen molar-refractivity contribution in [2.24, 2.45) is 5.41 Å². The molecule has 0 radical (unpaired) electrons. The Morgan fingerprint density at radius 2 is 2.38 bits per heavy atom. The molecule has 72 valence electrons. The molecule has 1 fully saturated rings. The Balaban J connectivity index is 2.46. The van der Waals surface area contributed by atoms with Gasteiger partial charge < -0.3 is 5.32 Å². The number of amides is 1. The van der Waals surface area contributed by atoms with Crippen LogP contribution in [0.2, 0.25) is 0 Å². The van der Waals surface area contributed by atoms with Gasteiger partial charge in [0.05, 0.1) is 6.07 Å². The predicted molar refractivity (Wildman–Crippen MR) is 49.8 cm³/mol. The molecule has 0 saturated heterocycles. The molecule has 1 aliphatic rings. The number of nitrogens with zero attached hydrogens (tertiary/aromatic N) is 1. The van der Waals surface area contributed by atoms with E-state index in [1.165, 1.54) is 6.42 Å². The highest BCUT2D eigenvalue weighted by Crippen LogP contribution is 2.37. The average molecular weight is 180 g/mol. The van der Waals surface area contributed by atoms with E-state index in [2.05, 4.69) is 19.2 Å². The smallest absolute Gasteiger partial charge is 0.234 e. The van der Waals surface area contributed by atoms with Crippen molar-refractivity contribution < 1.29 is 4.79 Å². The third-order valence-corrected chi connectivity index (χ3v) is 2.83. The van der Waals surface area contributed by atoms with E-state index in [1.807, 2.05) is 6.07 Å². The fraction of sp³-hybridized carbons (Fsp3) is 0.800. The molecular formula is C10H16N2O. The van der Waals surface area contributed by atoms with E-state index in [9.17, 15) is 4.79 Å². The molecule has 1 rings (SSSR count). The van der Waals surface area contributed by atoms with Crippen LogP contribution in [0.1, 0.15) is 39.5 Å². The van der Waals surface area contributed by atoms with Gasteiger partial charge in [0.15, 0.2) is 0 Å². The summed E-state index contributed by atoms with van der Waals surface area (Å²) in [5, 5.41) is 11.2. The zero-order chi connectivity index (χ0) is 9.90. The van der Waals surface area contributed by atoms with Crippen molar-refractivity contribution in [3.05, 3.63) is 0 Å². The van der Waals surface area contributed by atoms with E-state index < -0.39 is 0 Å². The Morgan fingerprint density at radius 3 is 2.85 bits per heavy atom. The van der Waals surface area contributed by atoms with Gasteiger partial charge in [-0.1, -0.05) is 20.3 Å². The van der Waals surface area contributed by atoms with Gasteiger partial charge in [-0.3, -0.25) is 4.79 Å². The first-order valence-corrected chi connectivity index (χ1v) is 4.72. The van der Waals surface area contributed by atoms with E-state index in [-0.39, 0.29) is 23.8 Å². The maximum absolute atomic E-state index is 11.2. The van der Waals surface area contributed by atoms with E-state index in [1.54, 1.807) is 0 Å². The van der Waals surface area contributed by atoms with Crippen LogP contribution in [-0.2, 0) is 4.79 Å². The third-order valence-electron chi connectivity index (χ3n) is 2.83. The minimum atomic E-state index is -0.137. The van der Waals surface area contributed by atoms with Crippen LogP contribution >= 0.6 is 0 Å². The van der Waals surface area contributed by atoms with Gasteiger partial charge in [0.25, 0.3) is 0 Å². The third kappa shape index (κ3) is 2.45. The monoisotopic (exact) mass is 180 g/mol. The number of nitrogens with one attached hydrogen (secondary N) is 1. The lowest BCUT2D eigenvalue weighted by Gasteiger charge is -2.27. The molecule has 1 N–H and O–H groups in total. The van der Waals surface area contributed by atoms with Gasteiger partial charge >= 0.3 is 0 Å². The quantitative estimate of drug-likeness (QED) is 0.701. The number of hydrogen-bond donors (Lipinski definition) is 1. The molecule has 0 bridgehead atoms. The Hall–Kier alpha value is -1.04. The summed E-state index contributed by atoms with van der Waals surface area (Å²) < 4.78 is 0. The summed E-state index contributed by atoms with van der Waals surface area (Å²) >= 11 is 0. The number of carbonyl (C=O) groups excluding carboxylic acids is 1. The molecule has 0 aliphatic heterocycles. The summed E-state index contributed by atoms with van der Waals surface area (Å²) in [5.41, 5.74) is 0.200. The second-order valence-electron chi connectivity index (χ2n) is 4.34. The van der Waals surface area contributed by atoms with Crippen LogP contribution in [0.15, 0.2) is 0 Å². The second-order valence-corrected chi connectivity index (χ2v) is 4.34. The summed E-state index contributed by atoms with van der Waals surface area (Å²) in [5.74, 6) is -0.137. The van der Waals surface area contributed by atoms with Crippen LogP contribution in [0, 0.1) is 16.7 Å². The highest BCUT2D eigenvalue weighted by molar-refractivity contribution is 5.78. The standard InChI is InChI=1S/C10H16N2O/c1-10(2)6-3-4-8(10)12-9(13)5-7-11/h8H,3-6H2,1-2H3,(H,12,13). The van der Waals surface area contributed by atoms with E-state index in [0.29, 0.717) is 0 Å². The highest BCUT2D eigenvalue weighted by Gasteiger charge is 2.35. The SMILES string of the molecule is CC1(C)CCCC1NC(=O)CC#N. The molecule has 0 aromatic carbocycles. The Labute approximate surface area is 79.1 Å². The maximum atomic E-state index is 11.2. The number of carbonyl (C=O) groups is 1. The molecule has 1 saturated carbocycles. The van der Waals surface area contributed by atoms with Crippen molar-refractivity contribution in [2.75, 3.05) is 0 Å². The minimum Gasteiger partial charge on any atom is -0.352 e. The zero-order valence-corrected chi connectivity index (χ0v) is 8.26. The fourth-order valence-electron chi connectivity index (χ4n) is 1.91. The minimum absolute atomic E-state index is 0.0212. The van der Waals surface area contributed by atoms with Crippen molar-refractivity contribution in [2.45, 2.75) is 45.6 Å². The first kappa shape index (κ1) is 10.0. The fourth-order valence-corrected chi connectivity index (χ4v) is 1.91. The molecule has 1 atom stereocenters.